The van der Waals surface area contributed by atoms with Crippen molar-refractivity contribution in [2.75, 3.05) is 5.32 Å². The zero-order chi connectivity index (χ0) is 25.6. The number of nitrogens with zero attached hydrogens (tertiary/aromatic N) is 2. The summed E-state index contributed by atoms with van der Waals surface area (Å²) in [5, 5.41) is 22.4. The Balaban J connectivity index is 1.69. The number of nitrogens with one attached hydrogen (secondary N) is 4. The van der Waals surface area contributed by atoms with E-state index in [9.17, 15) is 4.79 Å². The molecule has 1 saturated carbocycles. The molecule has 4 N–H and O–H groups in total. The van der Waals surface area contributed by atoms with Crippen LogP contribution in [0.5, 0.6) is 0 Å². The fourth-order valence-electron chi connectivity index (χ4n) is 3.78. The van der Waals surface area contributed by atoms with E-state index >= 15 is 0 Å². The Labute approximate surface area is 208 Å². The second kappa shape index (κ2) is 11.1. The number of pyridine rings is 1. The monoisotopic (exact) mass is 472 g/mol. The van der Waals surface area contributed by atoms with E-state index in [1.807, 2.05) is 31.3 Å². The fourth-order valence-corrected chi connectivity index (χ4v) is 3.78. The highest BCUT2D eigenvalue weighted by Gasteiger charge is 2.30. The van der Waals surface area contributed by atoms with Crippen LogP contribution in [0.2, 0.25) is 0 Å². The summed E-state index contributed by atoms with van der Waals surface area (Å²) in [7, 11) is 0. The predicted molar refractivity (Wildman–Crippen MR) is 144 cm³/mol. The highest BCUT2D eigenvalue weighted by molar-refractivity contribution is 6.06. The number of carbonyl (C=O) groups is 1. The molecular formula is C28H36N6O. The number of carbonyl (C=O) groups excluding carboxylic acids is 1. The maximum Gasteiger partial charge on any atom is 0.274 e. The average molecular weight is 473 g/mol. The summed E-state index contributed by atoms with van der Waals surface area (Å²) in [6.07, 6.45) is 9.64. The van der Waals surface area contributed by atoms with Crippen LogP contribution in [-0.4, -0.2) is 40.0 Å². The zero-order valence-corrected chi connectivity index (χ0v) is 21.1. The molecule has 0 spiro atoms. The Morgan fingerprint density at radius 3 is 2.63 bits per heavy atom. The van der Waals surface area contributed by atoms with Crippen LogP contribution in [0.25, 0.3) is 5.57 Å². The van der Waals surface area contributed by atoms with Crippen molar-refractivity contribution in [2.24, 2.45) is 5.41 Å². The van der Waals surface area contributed by atoms with Gasteiger partial charge in [-0.05, 0) is 67.0 Å². The molecule has 0 radical (unpaired) electrons. The highest BCUT2D eigenvalue weighted by atomic mass is 16.1. The first-order chi connectivity index (χ1) is 16.6. The molecule has 1 heterocycles. The number of hydrogen-bond donors (Lipinski definition) is 4. The van der Waals surface area contributed by atoms with Crippen molar-refractivity contribution in [3.8, 4) is 0 Å². The average Bonchev–Trinajstić information content (AvgIpc) is 3.66. The van der Waals surface area contributed by atoms with Crippen LogP contribution < -0.4 is 10.6 Å². The van der Waals surface area contributed by atoms with E-state index in [0.717, 1.165) is 30.4 Å². The lowest BCUT2D eigenvalue weighted by Gasteiger charge is -2.24. The Morgan fingerprint density at radius 1 is 1.26 bits per heavy atom. The molecule has 1 amide bonds. The summed E-state index contributed by atoms with van der Waals surface area (Å²) in [5.74, 6) is -0.0598. The van der Waals surface area contributed by atoms with E-state index in [2.05, 4.69) is 43.0 Å². The molecule has 184 valence electrons. The molecule has 7 heteroatoms. The molecular weight excluding hydrogens is 436 g/mol. The highest BCUT2D eigenvalue weighted by Crippen LogP contribution is 2.27. The van der Waals surface area contributed by atoms with Gasteiger partial charge in [0.2, 0.25) is 0 Å². The second-order valence-electron chi connectivity index (χ2n) is 10.2. The summed E-state index contributed by atoms with van der Waals surface area (Å²) in [6, 6.07) is 11.2. The third-order valence-corrected chi connectivity index (χ3v) is 5.81. The molecule has 0 aliphatic heterocycles. The van der Waals surface area contributed by atoms with Crippen molar-refractivity contribution in [1.29, 1.82) is 10.8 Å². The van der Waals surface area contributed by atoms with E-state index < -0.39 is 0 Å². The topological polar surface area (TPSA) is 105 Å². The van der Waals surface area contributed by atoms with Crippen LogP contribution in [0, 0.1) is 16.2 Å². The molecule has 0 saturated heterocycles. The van der Waals surface area contributed by atoms with Gasteiger partial charge in [0, 0.05) is 35.7 Å². The summed E-state index contributed by atoms with van der Waals surface area (Å²) < 4.78 is 0. The molecule has 1 aromatic heterocycles. The quantitative estimate of drug-likeness (QED) is 0.203. The molecule has 1 aromatic carbocycles. The number of allylic oxidation sites excluding steroid dienone is 1. The zero-order valence-electron chi connectivity index (χ0n) is 21.1. The summed E-state index contributed by atoms with van der Waals surface area (Å²) >= 11 is 0. The van der Waals surface area contributed by atoms with Gasteiger partial charge in [-0.1, -0.05) is 39.0 Å². The molecule has 1 aliphatic carbocycles. The first-order valence-corrected chi connectivity index (χ1v) is 11.9. The van der Waals surface area contributed by atoms with Crippen molar-refractivity contribution in [2.45, 2.75) is 59.0 Å². The summed E-state index contributed by atoms with van der Waals surface area (Å²) in [6.45, 7) is 12.5. The third kappa shape index (κ3) is 7.37. The fraction of sp³-hybridized carbons (Fsp3) is 0.357. The lowest BCUT2D eigenvalue weighted by Crippen LogP contribution is -2.31. The SMILES string of the molecule is C=CC(CC(C)(C)C)N/C=C(\C)c1ccnc(C(=O)Nc2cccc(C(=N)N(C=N)C3CC3)c2)c1. The minimum atomic E-state index is -0.320. The molecule has 1 aliphatic rings. The Morgan fingerprint density at radius 2 is 2.00 bits per heavy atom. The molecule has 7 nitrogen and oxygen atoms in total. The van der Waals surface area contributed by atoms with E-state index in [-0.39, 0.29) is 29.2 Å². The number of anilines is 1. The number of benzene rings is 1. The van der Waals surface area contributed by atoms with Gasteiger partial charge in [-0.15, -0.1) is 6.58 Å². The van der Waals surface area contributed by atoms with Crippen molar-refractivity contribution in [3.05, 3.63) is 78.3 Å². The summed E-state index contributed by atoms with van der Waals surface area (Å²) in [4.78, 5) is 18.8. The minimum Gasteiger partial charge on any atom is -0.384 e. The standard InChI is InChI=1S/C28H36N6O/c1-6-22(16-28(3,4)5)32-17-19(2)20-12-13-31-25(15-20)27(35)33-23-9-7-8-21(14-23)26(30)34(18-29)24-10-11-24/h6-9,12-15,17-18,22,24,29-30,32H,1,10-11,16H2,2-5H3,(H,33,35)/b19-17+,29-18?,30-26?. The van der Waals surface area contributed by atoms with Gasteiger partial charge >= 0.3 is 0 Å². The first-order valence-electron chi connectivity index (χ1n) is 11.9. The van der Waals surface area contributed by atoms with Crippen LogP contribution in [0.1, 0.15) is 68.6 Å². The van der Waals surface area contributed by atoms with Gasteiger partial charge in [-0.3, -0.25) is 20.6 Å². The number of hydrogen-bond acceptors (Lipinski definition) is 5. The van der Waals surface area contributed by atoms with E-state index in [4.69, 9.17) is 10.8 Å². The van der Waals surface area contributed by atoms with Gasteiger partial charge in [-0.25, -0.2) is 0 Å². The third-order valence-electron chi connectivity index (χ3n) is 5.81. The largest absolute Gasteiger partial charge is 0.384 e. The lowest BCUT2D eigenvalue weighted by atomic mass is 9.88. The number of aromatic nitrogens is 1. The number of amides is 1. The molecule has 1 atom stereocenters. The van der Waals surface area contributed by atoms with Crippen LogP contribution in [0.15, 0.2) is 61.4 Å². The smallest absolute Gasteiger partial charge is 0.274 e. The van der Waals surface area contributed by atoms with Gasteiger partial charge in [-0.2, -0.15) is 0 Å². The lowest BCUT2D eigenvalue weighted by molar-refractivity contribution is 0.102. The predicted octanol–water partition coefficient (Wildman–Crippen LogP) is 5.67. The van der Waals surface area contributed by atoms with Gasteiger partial charge in [0.15, 0.2) is 0 Å². The van der Waals surface area contributed by atoms with Crippen molar-refractivity contribution in [1.82, 2.24) is 15.2 Å². The normalized spacial score (nSPS) is 14.6. The molecule has 1 fully saturated rings. The molecule has 0 bridgehead atoms. The van der Waals surface area contributed by atoms with E-state index in [1.165, 1.54) is 6.34 Å². The van der Waals surface area contributed by atoms with Crippen molar-refractivity contribution >= 4 is 29.3 Å². The van der Waals surface area contributed by atoms with Crippen molar-refractivity contribution < 1.29 is 4.79 Å². The van der Waals surface area contributed by atoms with Gasteiger partial charge < -0.3 is 15.5 Å². The van der Waals surface area contributed by atoms with E-state index in [1.54, 1.807) is 35.4 Å². The molecule has 1 unspecified atom stereocenters. The van der Waals surface area contributed by atoms with Gasteiger partial charge in [0.25, 0.3) is 5.91 Å². The molecule has 2 aromatic rings. The van der Waals surface area contributed by atoms with Gasteiger partial charge in [0.1, 0.15) is 11.5 Å². The van der Waals surface area contributed by atoms with Crippen LogP contribution in [-0.2, 0) is 0 Å². The maximum absolute atomic E-state index is 12.9. The minimum absolute atomic E-state index is 0.157. The second-order valence-corrected chi connectivity index (χ2v) is 10.2. The first kappa shape index (κ1) is 25.9. The maximum atomic E-state index is 12.9. The number of amidine groups is 1. The van der Waals surface area contributed by atoms with Gasteiger partial charge in [0.05, 0.1) is 6.34 Å². The molecule has 35 heavy (non-hydrogen) atoms. The van der Waals surface area contributed by atoms with Crippen LogP contribution in [0.3, 0.4) is 0 Å². The Hall–Kier alpha value is -3.74. The molecule has 3 rings (SSSR count). The summed E-state index contributed by atoms with van der Waals surface area (Å²) in [5.41, 5.74) is 3.61. The van der Waals surface area contributed by atoms with E-state index in [0.29, 0.717) is 16.9 Å². The van der Waals surface area contributed by atoms with Crippen molar-refractivity contribution in [3.63, 3.8) is 0 Å². The van der Waals surface area contributed by atoms with Crippen LogP contribution >= 0.6 is 0 Å². The Bertz CT molecular complexity index is 1130. The number of rotatable bonds is 10. The van der Waals surface area contributed by atoms with Crippen LogP contribution in [0.4, 0.5) is 5.69 Å². The Kier molecular flexibility index (Phi) is 8.22.